The van der Waals surface area contributed by atoms with Crippen molar-refractivity contribution in [2.45, 2.75) is 46.0 Å². The predicted molar refractivity (Wildman–Crippen MR) is 58.7 cm³/mol. The monoisotopic (exact) mass is 182 g/mol. The first-order chi connectivity index (χ1) is 6.31. The topological polar surface area (TPSA) is 9.23 Å². The van der Waals surface area contributed by atoms with Crippen molar-refractivity contribution in [2.24, 2.45) is 0 Å². The molecule has 0 unspecified atom stereocenters. The third-order valence-corrected chi connectivity index (χ3v) is 2.01. The van der Waals surface area contributed by atoms with Crippen molar-refractivity contribution in [3.05, 3.63) is 24.0 Å². The van der Waals surface area contributed by atoms with Gasteiger partial charge in [-0.25, -0.2) is 0 Å². The van der Waals surface area contributed by atoms with Gasteiger partial charge in [-0.3, -0.25) is 0 Å². The van der Waals surface area contributed by atoms with Crippen LogP contribution in [0.25, 0.3) is 0 Å². The van der Waals surface area contributed by atoms with E-state index in [0.29, 0.717) is 0 Å². The molecule has 0 aromatic heterocycles. The molecular weight excluding hydrogens is 160 g/mol. The lowest BCUT2D eigenvalue weighted by molar-refractivity contribution is 0.337. The van der Waals surface area contributed by atoms with Crippen molar-refractivity contribution in [3.8, 4) is 0 Å². The van der Waals surface area contributed by atoms with Crippen LogP contribution in [-0.2, 0) is 4.74 Å². The Bertz CT molecular complexity index is 157. The Hall–Kier alpha value is -0.720. The summed E-state index contributed by atoms with van der Waals surface area (Å²) in [5.41, 5.74) is 1.49. The largest absolute Gasteiger partial charge is 0.505 e. The summed E-state index contributed by atoms with van der Waals surface area (Å²) >= 11 is 0. The van der Waals surface area contributed by atoms with Crippen LogP contribution in [0.3, 0.4) is 0 Å². The van der Waals surface area contributed by atoms with E-state index >= 15 is 0 Å². The number of methoxy groups -OCH3 is 1. The highest BCUT2D eigenvalue weighted by molar-refractivity contribution is 5.01. The van der Waals surface area contributed by atoms with E-state index in [4.69, 9.17) is 4.74 Å². The zero-order valence-corrected chi connectivity index (χ0v) is 9.18. The van der Waals surface area contributed by atoms with Crippen LogP contribution in [0.2, 0.25) is 0 Å². The molecule has 0 atom stereocenters. The van der Waals surface area contributed by atoms with Gasteiger partial charge >= 0.3 is 0 Å². The van der Waals surface area contributed by atoms with Gasteiger partial charge in [0.05, 0.1) is 13.4 Å². The number of hydrogen-bond donors (Lipinski definition) is 0. The summed E-state index contributed by atoms with van der Waals surface area (Å²) in [5, 5.41) is 0. The van der Waals surface area contributed by atoms with Crippen LogP contribution in [0.5, 0.6) is 0 Å². The van der Waals surface area contributed by atoms with Gasteiger partial charge in [-0.2, -0.15) is 0 Å². The average molecular weight is 182 g/mol. The number of ether oxygens (including phenoxy) is 1. The van der Waals surface area contributed by atoms with E-state index in [1.807, 2.05) is 6.08 Å². The Balaban J connectivity index is 3.45. The predicted octanol–water partition coefficient (Wildman–Crippen LogP) is 4.06. The summed E-state index contributed by atoms with van der Waals surface area (Å²) in [7, 11) is 1.67. The maximum atomic E-state index is 4.81. The molecule has 0 spiro atoms. The molecule has 0 aliphatic rings. The van der Waals surface area contributed by atoms with Gasteiger partial charge in [0, 0.05) is 0 Å². The molecule has 0 saturated carbocycles. The van der Waals surface area contributed by atoms with Crippen molar-refractivity contribution in [3.63, 3.8) is 0 Å². The van der Waals surface area contributed by atoms with E-state index < -0.39 is 0 Å². The van der Waals surface area contributed by atoms with E-state index in [2.05, 4.69) is 19.9 Å². The second-order valence-electron chi connectivity index (χ2n) is 3.35. The highest BCUT2D eigenvalue weighted by atomic mass is 16.5. The van der Waals surface area contributed by atoms with Crippen molar-refractivity contribution < 1.29 is 4.74 Å². The smallest absolute Gasteiger partial charge is 0.0787 e. The van der Waals surface area contributed by atoms with Crippen molar-refractivity contribution >= 4 is 0 Å². The molecule has 0 rings (SSSR count). The van der Waals surface area contributed by atoms with E-state index in [1.165, 1.54) is 31.3 Å². The quantitative estimate of drug-likeness (QED) is 0.328. The van der Waals surface area contributed by atoms with Crippen LogP contribution in [0.15, 0.2) is 24.0 Å². The SMILES string of the molecule is CCCCC/C(C)=C/C/C=C/OC. The molecule has 13 heavy (non-hydrogen) atoms. The van der Waals surface area contributed by atoms with Crippen molar-refractivity contribution in [1.29, 1.82) is 0 Å². The van der Waals surface area contributed by atoms with Crippen LogP contribution in [-0.4, -0.2) is 7.11 Å². The summed E-state index contributed by atoms with van der Waals surface area (Å²) in [4.78, 5) is 0. The second kappa shape index (κ2) is 9.37. The third-order valence-electron chi connectivity index (χ3n) is 2.01. The van der Waals surface area contributed by atoms with Crippen LogP contribution in [0.1, 0.15) is 46.0 Å². The van der Waals surface area contributed by atoms with E-state index in [1.54, 1.807) is 13.4 Å². The summed E-state index contributed by atoms with van der Waals surface area (Å²) < 4.78 is 4.81. The second-order valence-corrected chi connectivity index (χ2v) is 3.35. The van der Waals surface area contributed by atoms with E-state index in [9.17, 15) is 0 Å². The van der Waals surface area contributed by atoms with Crippen molar-refractivity contribution in [2.75, 3.05) is 7.11 Å². The zero-order chi connectivity index (χ0) is 9.94. The minimum absolute atomic E-state index is 0.992. The molecule has 1 heteroatoms. The lowest BCUT2D eigenvalue weighted by Crippen LogP contribution is -1.78. The molecule has 0 fully saturated rings. The first-order valence-electron chi connectivity index (χ1n) is 5.14. The summed E-state index contributed by atoms with van der Waals surface area (Å²) in [6.07, 6.45) is 12.2. The van der Waals surface area contributed by atoms with Gasteiger partial charge < -0.3 is 4.74 Å². The summed E-state index contributed by atoms with van der Waals surface area (Å²) in [6, 6.07) is 0. The van der Waals surface area contributed by atoms with Gasteiger partial charge in [0.1, 0.15) is 0 Å². The van der Waals surface area contributed by atoms with Gasteiger partial charge in [0.15, 0.2) is 0 Å². The highest BCUT2D eigenvalue weighted by Crippen LogP contribution is 2.08. The maximum Gasteiger partial charge on any atom is 0.0787 e. The summed E-state index contributed by atoms with van der Waals surface area (Å²) in [5.74, 6) is 0. The minimum atomic E-state index is 0.992. The third kappa shape index (κ3) is 9.19. The molecule has 0 radical (unpaired) electrons. The molecule has 0 aromatic carbocycles. The van der Waals surface area contributed by atoms with Crippen molar-refractivity contribution in [1.82, 2.24) is 0 Å². The van der Waals surface area contributed by atoms with Crippen LogP contribution in [0, 0.1) is 0 Å². The number of rotatable bonds is 7. The molecule has 0 aromatic rings. The highest BCUT2D eigenvalue weighted by Gasteiger charge is 1.88. The fourth-order valence-electron chi connectivity index (χ4n) is 1.18. The normalized spacial score (nSPS) is 12.4. The molecule has 1 nitrogen and oxygen atoms in total. The molecule has 0 amide bonds. The van der Waals surface area contributed by atoms with E-state index in [-0.39, 0.29) is 0 Å². The van der Waals surface area contributed by atoms with Gasteiger partial charge in [-0.1, -0.05) is 31.4 Å². The van der Waals surface area contributed by atoms with Gasteiger partial charge in [-0.05, 0) is 32.3 Å². The maximum absolute atomic E-state index is 4.81. The molecule has 0 bridgehead atoms. The Morgan fingerprint density at radius 1 is 1.31 bits per heavy atom. The number of hydrogen-bond acceptors (Lipinski definition) is 1. The fraction of sp³-hybridized carbons (Fsp3) is 0.667. The van der Waals surface area contributed by atoms with Crippen LogP contribution in [0.4, 0.5) is 0 Å². The summed E-state index contributed by atoms with van der Waals surface area (Å²) in [6.45, 7) is 4.44. The lowest BCUT2D eigenvalue weighted by Gasteiger charge is -1.98. The lowest BCUT2D eigenvalue weighted by atomic mass is 10.1. The van der Waals surface area contributed by atoms with Crippen LogP contribution >= 0.6 is 0 Å². The molecular formula is C12H22O. The average Bonchev–Trinajstić information content (AvgIpc) is 2.13. The Morgan fingerprint density at radius 2 is 2.08 bits per heavy atom. The van der Waals surface area contributed by atoms with E-state index in [0.717, 1.165) is 6.42 Å². The molecule has 0 aliphatic heterocycles. The molecule has 0 saturated heterocycles. The number of unbranched alkanes of at least 4 members (excludes halogenated alkanes) is 2. The Labute approximate surface area is 82.5 Å². The molecule has 0 aliphatic carbocycles. The first-order valence-corrected chi connectivity index (χ1v) is 5.14. The van der Waals surface area contributed by atoms with Gasteiger partial charge in [0.25, 0.3) is 0 Å². The van der Waals surface area contributed by atoms with Gasteiger partial charge in [-0.15, -0.1) is 0 Å². The molecule has 0 N–H and O–H groups in total. The minimum Gasteiger partial charge on any atom is -0.505 e. The Kier molecular flexibility index (Phi) is 8.85. The first kappa shape index (κ1) is 12.3. The van der Waals surface area contributed by atoms with Gasteiger partial charge in [0.2, 0.25) is 0 Å². The molecule has 0 heterocycles. The fourth-order valence-corrected chi connectivity index (χ4v) is 1.18. The molecule has 76 valence electrons. The zero-order valence-electron chi connectivity index (χ0n) is 9.18. The standard InChI is InChI=1S/C12H22O/c1-4-5-6-9-12(2)10-7-8-11-13-3/h8,10-11H,4-7,9H2,1-3H3/b11-8+,12-10+. The number of allylic oxidation sites excluding steroid dienone is 3. The van der Waals surface area contributed by atoms with Crippen LogP contribution < -0.4 is 0 Å². The Morgan fingerprint density at radius 3 is 2.69 bits per heavy atom.